The van der Waals surface area contributed by atoms with E-state index >= 15 is 0 Å². The number of hydrogen-bond acceptors (Lipinski definition) is 2. The summed E-state index contributed by atoms with van der Waals surface area (Å²) >= 11 is 1.63. The molecule has 2 N–H and O–H groups in total. The number of nitrogens with zero attached hydrogens (tertiary/aromatic N) is 1. The first-order chi connectivity index (χ1) is 5.70. The number of amidine groups is 1. The molecule has 0 aromatic carbocycles. The summed E-state index contributed by atoms with van der Waals surface area (Å²) in [6, 6.07) is 3.97. The normalized spacial score (nSPS) is 12.4. The second kappa shape index (κ2) is 4.26. The monoisotopic (exact) mass is 182 g/mol. The molecule has 0 radical (unpaired) electrons. The fourth-order valence-electron chi connectivity index (χ4n) is 0.783. The largest absolute Gasteiger partial charge is 0.383 e. The quantitative estimate of drug-likeness (QED) is 0.564. The van der Waals surface area contributed by atoms with Crippen LogP contribution in [0.2, 0.25) is 0 Å². The van der Waals surface area contributed by atoms with Crippen molar-refractivity contribution in [2.45, 2.75) is 13.8 Å². The van der Waals surface area contributed by atoms with Gasteiger partial charge in [0.25, 0.3) is 0 Å². The van der Waals surface area contributed by atoms with Crippen molar-refractivity contribution in [3.63, 3.8) is 0 Å². The van der Waals surface area contributed by atoms with Crippen LogP contribution >= 0.6 is 11.3 Å². The molecule has 2 nitrogen and oxygen atoms in total. The Kier molecular flexibility index (Phi) is 3.29. The summed E-state index contributed by atoms with van der Waals surface area (Å²) in [5, 5.41) is 2.01. The molecule has 1 aromatic heterocycles. The molecule has 0 bridgehead atoms. The van der Waals surface area contributed by atoms with Crippen LogP contribution in [-0.2, 0) is 0 Å². The molecule has 3 heteroatoms. The zero-order valence-electron chi connectivity index (χ0n) is 7.45. The molecule has 0 atom stereocenters. The molecule has 0 saturated carbocycles. The molecule has 66 valence electrons. The van der Waals surface area contributed by atoms with Crippen LogP contribution in [0.25, 0.3) is 0 Å². The first-order valence-electron chi connectivity index (χ1n) is 4.04. The Hall–Kier alpha value is -0.830. The first-order valence-corrected chi connectivity index (χ1v) is 4.92. The van der Waals surface area contributed by atoms with Crippen LogP contribution < -0.4 is 5.73 Å². The predicted octanol–water partition coefficient (Wildman–Crippen LogP) is 2.11. The smallest absolute Gasteiger partial charge is 0.135 e. The van der Waals surface area contributed by atoms with Gasteiger partial charge in [-0.05, 0) is 17.4 Å². The summed E-state index contributed by atoms with van der Waals surface area (Å²) in [5.74, 6) is 1.24. The van der Waals surface area contributed by atoms with E-state index in [1.807, 2.05) is 17.5 Å². The van der Waals surface area contributed by atoms with E-state index in [0.29, 0.717) is 11.8 Å². The van der Waals surface area contributed by atoms with Gasteiger partial charge in [0.1, 0.15) is 5.84 Å². The number of rotatable bonds is 3. The summed E-state index contributed by atoms with van der Waals surface area (Å²) in [4.78, 5) is 5.34. The van der Waals surface area contributed by atoms with E-state index in [4.69, 9.17) is 5.73 Å². The van der Waals surface area contributed by atoms with E-state index in [9.17, 15) is 0 Å². The van der Waals surface area contributed by atoms with E-state index in [1.54, 1.807) is 11.3 Å². The van der Waals surface area contributed by atoms with Crippen molar-refractivity contribution in [3.8, 4) is 0 Å². The standard InChI is InChI=1S/C9H14N2S/c1-7(2)6-11-9(10)8-4-3-5-12-8/h3-5,7H,6H2,1-2H3,(H2,10,11). The van der Waals surface area contributed by atoms with Gasteiger partial charge in [0.05, 0.1) is 4.88 Å². The number of hydrogen-bond donors (Lipinski definition) is 1. The SMILES string of the molecule is CC(C)CN=C(N)c1cccs1. The summed E-state index contributed by atoms with van der Waals surface area (Å²) in [5.41, 5.74) is 5.75. The van der Waals surface area contributed by atoms with E-state index in [-0.39, 0.29) is 0 Å². The minimum Gasteiger partial charge on any atom is -0.383 e. The minimum atomic E-state index is 0.573. The summed E-state index contributed by atoms with van der Waals surface area (Å²) < 4.78 is 0. The van der Waals surface area contributed by atoms with Gasteiger partial charge >= 0.3 is 0 Å². The van der Waals surface area contributed by atoms with Crippen molar-refractivity contribution >= 4 is 17.2 Å². The van der Waals surface area contributed by atoms with Crippen molar-refractivity contribution < 1.29 is 0 Å². The average molecular weight is 182 g/mol. The highest BCUT2D eigenvalue weighted by molar-refractivity contribution is 7.12. The number of nitrogens with two attached hydrogens (primary N) is 1. The molecule has 0 saturated heterocycles. The first kappa shape index (κ1) is 9.26. The lowest BCUT2D eigenvalue weighted by molar-refractivity contribution is 0.665. The third-order valence-corrected chi connectivity index (χ3v) is 2.29. The van der Waals surface area contributed by atoms with Crippen molar-refractivity contribution in [1.82, 2.24) is 0 Å². The second-order valence-corrected chi connectivity index (χ2v) is 4.04. The highest BCUT2D eigenvalue weighted by Crippen LogP contribution is 2.07. The highest BCUT2D eigenvalue weighted by atomic mass is 32.1. The van der Waals surface area contributed by atoms with E-state index in [1.165, 1.54) is 0 Å². The summed E-state index contributed by atoms with van der Waals surface area (Å²) in [6.45, 7) is 5.07. The molecule has 0 amide bonds. The maximum absolute atomic E-state index is 5.75. The van der Waals surface area contributed by atoms with E-state index in [0.717, 1.165) is 11.4 Å². The highest BCUT2D eigenvalue weighted by Gasteiger charge is 1.98. The Labute approximate surface area is 77.1 Å². The maximum atomic E-state index is 5.75. The zero-order valence-corrected chi connectivity index (χ0v) is 8.27. The number of thiophene rings is 1. The van der Waals surface area contributed by atoms with Gasteiger partial charge in [0, 0.05) is 6.54 Å². The third-order valence-electron chi connectivity index (χ3n) is 1.40. The Morgan fingerprint density at radius 3 is 2.92 bits per heavy atom. The Balaban J connectivity index is 2.59. The Morgan fingerprint density at radius 2 is 2.42 bits per heavy atom. The molecule has 0 unspecified atom stereocenters. The predicted molar refractivity (Wildman–Crippen MR) is 54.7 cm³/mol. The van der Waals surface area contributed by atoms with Crippen LogP contribution in [0.1, 0.15) is 18.7 Å². The number of aliphatic imine (C=N–C) groups is 1. The average Bonchev–Trinajstić information content (AvgIpc) is 2.51. The molecule has 12 heavy (non-hydrogen) atoms. The van der Waals surface area contributed by atoms with Gasteiger partial charge in [-0.3, -0.25) is 4.99 Å². The fourth-order valence-corrected chi connectivity index (χ4v) is 1.43. The van der Waals surface area contributed by atoms with Crippen LogP contribution in [0.5, 0.6) is 0 Å². The van der Waals surface area contributed by atoms with Crippen LogP contribution in [0.4, 0.5) is 0 Å². The molecule has 0 aliphatic carbocycles. The topological polar surface area (TPSA) is 38.4 Å². The van der Waals surface area contributed by atoms with Crippen molar-refractivity contribution in [1.29, 1.82) is 0 Å². The van der Waals surface area contributed by atoms with Crippen LogP contribution in [0.3, 0.4) is 0 Å². The van der Waals surface area contributed by atoms with Crippen LogP contribution in [-0.4, -0.2) is 12.4 Å². The van der Waals surface area contributed by atoms with Gasteiger partial charge in [-0.15, -0.1) is 11.3 Å². The van der Waals surface area contributed by atoms with E-state index < -0.39 is 0 Å². The molecular formula is C9H14N2S. The lowest BCUT2D eigenvalue weighted by Crippen LogP contribution is -2.13. The summed E-state index contributed by atoms with van der Waals surface area (Å²) in [7, 11) is 0. The molecule has 0 aliphatic rings. The van der Waals surface area contributed by atoms with Gasteiger partial charge in [-0.1, -0.05) is 19.9 Å². The lowest BCUT2D eigenvalue weighted by atomic mass is 10.2. The summed E-state index contributed by atoms with van der Waals surface area (Å²) in [6.07, 6.45) is 0. The van der Waals surface area contributed by atoms with Gasteiger partial charge in [-0.2, -0.15) is 0 Å². The van der Waals surface area contributed by atoms with Crippen LogP contribution in [0, 0.1) is 5.92 Å². The van der Waals surface area contributed by atoms with Gasteiger partial charge < -0.3 is 5.73 Å². The molecule has 0 aliphatic heterocycles. The van der Waals surface area contributed by atoms with Gasteiger partial charge in [0.15, 0.2) is 0 Å². The lowest BCUT2D eigenvalue weighted by Gasteiger charge is -1.99. The van der Waals surface area contributed by atoms with Gasteiger partial charge in [-0.25, -0.2) is 0 Å². The third kappa shape index (κ3) is 2.66. The molecule has 1 rings (SSSR count). The Morgan fingerprint density at radius 1 is 1.67 bits per heavy atom. The molecule has 1 heterocycles. The van der Waals surface area contributed by atoms with Crippen molar-refractivity contribution in [3.05, 3.63) is 22.4 Å². The maximum Gasteiger partial charge on any atom is 0.135 e. The fraction of sp³-hybridized carbons (Fsp3) is 0.444. The van der Waals surface area contributed by atoms with Gasteiger partial charge in [0.2, 0.25) is 0 Å². The van der Waals surface area contributed by atoms with Crippen molar-refractivity contribution in [2.75, 3.05) is 6.54 Å². The van der Waals surface area contributed by atoms with Crippen molar-refractivity contribution in [2.24, 2.45) is 16.6 Å². The minimum absolute atomic E-state index is 0.573. The molecule has 0 fully saturated rings. The zero-order chi connectivity index (χ0) is 8.97. The Bertz CT molecular complexity index is 250. The molecule has 1 aromatic rings. The van der Waals surface area contributed by atoms with E-state index in [2.05, 4.69) is 18.8 Å². The van der Waals surface area contributed by atoms with Crippen LogP contribution in [0.15, 0.2) is 22.5 Å². The second-order valence-electron chi connectivity index (χ2n) is 3.10. The molecule has 0 spiro atoms. The molecular weight excluding hydrogens is 168 g/mol.